The van der Waals surface area contributed by atoms with Crippen LogP contribution in [0, 0.1) is 13.8 Å². The van der Waals surface area contributed by atoms with E-state index >= 15 is 0 Å². The molecule has 3 rings (SSSR count). The first kappa shape index (κ1) is 16.3. The van der Waals surface area contributed by atoms with Gasteiger partial charge in [-0.25, -0.2) is 0 Å². The van der Waals surface area contributed by atoms with E-state index in [0.29, 0.717) is 5.02 Å². The molecule has 0 unspecified atom stereocenters. The molecule has 0 saturated carbocycles. The maximum absolute atomic E-state index is 6.02. The summed E-state index contributed by atoms with van der Waals surface area (Å²) in [6.07, 6.45) is 0. The minimum absolute atomic E-state index is 0.716. The molecule has 0 aromatic heterocycles. The average molecular weight is 335 g/mol. The third-order valence-electron chi connectivity index (χ3n) is 4.06. The van der Waals surface area contributed by atoms with Crippen LogP contribution >= 0.6 is 11.6 Å². The first-order chi connectivity index (χ1) is 11.6. The SMILES string of the molecule is Cc1cccc(NN=C(c2ccccc2)c2ccc(Cl)cc2)c1C. The van der Waals surface area contributed by atoms with Gasteiger partial charge in [0.25, 0.3) is 0 Å². The minimum atomic E-state index is 0.716. The molecule has 0 aliphatic heterocycles. The number of hydrogen-bond donors (Lipinski definition) is 1. The van der Waals surface area contributed by atoms with Crippen LogP contribution in [-0.4, -0.2) is 5.71 Å². The van der Waals surface area contributed by atoms with E-state index in [1.165, 1.54) is 11.1 Å². The molecular formula is C21H19ClN2. The molecule has 0 aliphatic rings. The average Bonchev–Trinajstić information content (AvgIpc) is 2.61. The Morgan fingerprint density at radius 1 is 0.792 bits per heavy atom. The molecule has 3 aromatic carbocycles. The van der Waals surface area contributed by atoms with Crippen molar-refractivity contribution in [3.63, 3.8) is 0 Å². The smallest absolute Gasteiger partial charge is 0.0977 e. The van der Waals surface area contributed by atoms with Crippen molar-refractivity contribution in [2.75, 3.05) is 5.43 Å². The second-order valence-corrected chi connectivity index (χ2v) is 6.13. The van der Waals surface area contributed by atoms with Gasteiger partial charge in [-0.05, 0) is 43.2 Å². The summed E-state index contributed by atoms with van der Waals surface area (Å²) in [6.45, 7) is 4.19. The summed E-state index contributed by atoms with van der Waals surface area (Å²) in [6, 6.07) is 24.0. The second kappa shape index (κ2) is 7.33. The Balaban J connectivity index is 2.01. The molecule has 0 amide bonds. The van der Waals surface area contributed by atoms with Gasteiger partial charge in [-0.1, -0.05) is 66.2 Å². The van der Waals surface area contributed by atoms with Crippen LogP contribution in [-0.2, 0) is 0 Å². The summed E-state index contributed by atoms with van der Waals surface area (Å²) in [7, 11) is 0. The Morgan fingerprint density at radius 3 is 2.17 bits per heavy atom. The quantitative estimate of drug-likeness (QED) is 0.471. The van der Waals surface area contributed by atoms with Gasteiger partial charge in [0.2, 0.25) is 0 Å². The van der Waals surface area contributed by atoms with Gasteiger partial charge in [-0.3, -0.25) is 5.43 Å². The zero-order valence-corrected chi connectivity index (χ0v) is 14.5. The van der Waals surface area contributed by atoms with Gasteiger partial charge >= 0.3 is 0 Å². The largest absolute Gasteiger partial charge is 0.278 e. The molecule has 0 spiro atoms. The number of halogens is 1. The molecular weight excluding hydrogens is 316 g/mol. The molecule has 0 fully saturated rings. The molecule has 24 heavy (non-hydrogen) atoms. The molecule has 0 heterocycles. The van der Waals surface area contributed by atoms with Gasteiger partial charge in [-0.15, -0.1) is 0 Å². The van der Waals surface area contributed by atoms with Gasteiger partial charge in [0.05, 0.1) is 11.4 Å². The van der Waals surface area contributed by atoms with Crippen LogP contribution in [0.1, 0.15) is 22.3 Å². The standard InChI is InChI=1S/C21H19ClN2/c1-15-7-6-10-20(16(15)2)23-24-21(17-8-4-3-5-9-17)18-11-13-19(22)14-12-18/h3-14,23H,1-2H3. The van der Waals surface area contributed by atoms with E-state index in [-0.39, 0.29) is 0 Å². The number of hydrogen-bond acceptors (Lipinski definition) is 2. The normalized spacial score (nSPS) is 11.4. The molecule has 2 nitrogen and oxygen atoms in total. The number of nitrogens with zero attached hydrogens (tertiary/aromatic N) is 1. The van der Waals surface area contributed by atoms with Crippen molar-refractivity contribution in [2.24, 2.45) is 5.10 Å². The first-order valence-corrected chi connectivity index (χ1v) is 8.24. The fourth-order valence-electron chi connectivity index (χ4n) is 2.49. The Kier molecular flexibility index (Phi) is 4.97. The minimum Gasteiger partial charge on any atom is -0.278 e. The van der Waals surface area contributed by atoms with Crippen molar-refractivity contribution < 1.29 is 0 Å². The van der Waals surface area contributed by atoms with E-state index in [1.807, 2.05) is 54.6 Å². The highest BCUT2D eigenvalue weighted by molar-refractivity contribution is 6.30. The van der Waals surface area contributed by atoms with Crippen LogP contribution in [0.25, 0.3) is 0 Å². The fraction of sp³-hybridized carbons (Fsp3) is 0.0952. The predicted molar refractivity (Wildman–Crippen MR) is 103 cm³/mol. The Hall–Kier alpha value is -2.58. The second-order valence-electron chi connectivity index (χ2n) is 5.69. The summed E-state index contributed by atoms with van der Waals surface area (Å²) < 4.78 is 0. The highest BCUT2D eigenvalue weighted by Gasteiger charge is 2.08. The molecule has 120 valence electrons. The summed E-state index contributed by atoms with van der Waals surface area (Å²) in [5.41, 5.74) is 9.62. The number of hydrazone groups is 1. The van der Waals surface area contributed by atoms with Crippen molar-refractivity contribution in [2.45, 2.75) is 13.8 Å². The maximum atomic E-state index is 6.02. The summed E-state index contributed by atoms with van der Waals surface area (Å²) >= 11 is 6.02. The van der Waals surface area contributed by atoms with E-state index in [9.17, 15) is 0 Å². The van der Waals surface area contributed by atoms with Crippen LogP contribution in [0.5, 0.6) is 0 Å². The summed E-state index contributed by atoms with van der Waals surface area (Å²) in [4.78, 5) is 0. The van der Waals surface area contributed by atoms with E-state index in [4.69, 9.17) is 11.6 Å². The van der Waals surface area contributed by atoms with Crippen molar-refractivity contribution in [3.8, 4) is 0 Å². The van der Waals surface area contributed by atoms with Crippen LogP contribution in [0.2, 0.25) is 5.02 Å². The van der Waals surface area contributed by atoms with Crippen LogP contribution < -0.4 is 5.43 Å². The number of benzene rings is 3. The van der Waals surface area contributed by atoms with Crippen LogP contribution in [0.4, 0.5) is 5.69 Å². The fourth-order valence-corrected chi connectivity index (χ4v) is 2.61. The highest BCUT2D eigenvalue weighted by Crippen LogP contribution is 2.19. The summed E-state index contributed by atoms with van der Waals surface area (Å²) in [5.74, 6) is 0. The van der Waals surface area contributed by atoms with Gasteiger partial charge < -0.3 is 0 Å². The number of aryl methyl sites for hydroxylation is 1. The van der Waals surface area contributed by atoms with Gasteiger partial charge in [-0.2, -0.15) is 5.10 Å². The lowest BCUT2D eigenvalue weighted by molar-refractivity contribution is 1.26. The van der Waals surface area contributed by atoms with Crippen molar-refractivity contribution in [1.82, 2.24) is 0 Å². The van der Waals surface area contributed by atoms with Crippen molar-refractivity contribution in [1.29, 1.82) is 0 Å². The van der Waals surface area contributed by atoms with E-state index in [2.05, 4.69) is 42.6 Å². The lowest BCUT2D eigenvalue weighted by atomic mass is 10.0. The molecule has 0 atom stereocenters. The van der Waals surface area contributed by atoms with Crippen molar-refractivity contribution >= 4 is 23.0 Å². The van der Waals surface area contributed by atoms with E-state index < -0.39 is 0 Å². The zero-order chi connectivity index (χ0) is 16.9. The van der Waals surface area contributed by atoms with Crippen LogP contribution in [0.15, 0.2) is 77.9 Å². The first-order valence-electron chi connectivity index (χ1n) is 7.86. The molecule has 0 aliphatic carbocycles. The molecule has 3 heteroatoms. The maximum Gasteiger partial charge on any atom is 0.0977 e. The molecule has 3 aromatic rings. The lowest BCUT2D eigenvalue weighted by Gasteiger charge is -2.11. The molecule has 0 bridgehead atoms. The molecule has 0 saturated heterocycles. The molecule has 0 radical (unpaired) electrons. The Labute approximate surface area is 147 Å². The zero-order valence-electron chi connectivity index (χ0n) is 13.8. The predicted octanol–water partition coefficient (Wildman–Crippen LogP) is 5.82. The van der Waals surface area contributed by atoms with Crippen LogP contribution in [0.3, 0.4) is 0 Å². The Bertz CT molecular complexity index is 853. The lowest BCUT2D eigenvalue weighted by Crippen LogP contribution is -2.07. The molecule has 1 N–H and O–H groups in total. The van der Waals surface area contributed by atoms with E-state index in [0.717, 1.165) is 22.5 Å². The third kappa shape index (κ3) is 3.66. The topological polar surface area (TPSA) is 24.4 Å². The van der Waals surface area contributed by atoms with Gasteiger partial charge in [0.15, 0.2) is 0 Å². The Morgan fingerprint density at radius 2 is 1.46 bits per heavy atom. The number of nitrogens with one attached hydrogen (secondary N) is 1. The van der Waals surface area contributed by atoms with Crippen molar-refractivity contribution in [3.05, 3.63) is 100 Å². The number of rotatable bonds is 4. The van der Waals surface area contributed by atoms with Gasteiger partial charge in [0, 0.05) is 16.1 Å². The monoisotopic (exact) mass is 334 g/mol. The summed E-state index contributed by atoms with van der Waals surface area (Å²) in [5, 5.41) is 5.41. The highest BCUT2D eigenvalue weighted by atomic mass is 35.5. The third-order valence-corrected chi connectivity index (χ3v) is 4.31. The number of anilines is 1. The van der Waals surface area contributed by atoms with E-state index in [1.54, 1.807) is 0 Å². The van der Waals surface area contributed by atoms with Gasteiger partial charge in [0.1, 0.15) is 0 Å².